The van der Waals surface area contributed by atoms with E-state index < -0.39 is 5.41 Å². The molecule has 0 fully saturated rings. The number of methoxy groups -OCH3 is 2. The quantitative estimate of drug-likeness (QED) is 0.314. The maximum atomic E-state index is 5.08. The van der Waals surface area contributed by atoms with Crippen LogP contribution in [-0.4, -0.2) is 29.9 Å². The summed E-state index contributed by atoms with van der Waals surface area (Å²) in [4.78, 5) is 0. The predicted molar refractivity (Wildman–Crippen MR) is 41.5 cm³/mol. The first kappa shape index (κ1) is 8.88. The average molecular weight is 146 g/mol. The van der Waals surface area contributed by atoms with Gasteiger partial charge in [0.15, 0.2) is 5.41 Å². The van der Waals surface area contributed by atoms with E-state index >= 15 is 0 Å². The fourth-order valence-electron chi connectivity index (χ4n) is 0.522. The molecule has 0 radical (unpaired) electrons. The van der Waals surface area contributed by atoms with Crippen LogP contribution in [-0.2, 0) is 9.47 Å². The standard InChI is InChI=1S/C6H14O2Si/c1-4-5-6(9,7-2)8-3/h4-5H,1-3,9H3. The second-order valence-electron chi connectivity index (χ2n) is 1.92. The zero-order valence-corrected chi connectivity index (χ0v) is 8.47. The molecule has 0 saturated carbocycles. The highest BCUT2D eigenvalue weighted by atomic mass is 28.1. The molecule has 3 heteroatoms. The van der Waals surface area contributed by atoms with Crippen molar-refractivity contribution in [1.82, 2.24) is 0 Å². The van der Waals surface area contributed by atoms with Crippen LogP contribution in [0, 0.1) is 0 Å². The van der Waals surface area contributed by atoms with Crippen LogP contribution in [0.5, 0.6) is 0 Å². The molecule has 0 aromatic rings. The molecule has 2 nitrogen and oxygen atoms in total. The van der Waals surface area contributed by atoms with Crippen molar-refractivity contribution < 1.29 is 9.47 Å². The molecule has 0 unspecified atom stereocenters. The van der Waals surface area contributed by atoms with E-state index in [-0.39, 0.29) is 0 Å². The van der Waals surface area contributed by atoms with Crippen LogP contribution >= 0.6 is 0 Å². The first-order valence-corrected chi connectivity index (χ1v) is 3.92. The second kappa shape index (κ2) is 3.82. The Kier molecular flexibility index (Phi) is 3.77. The molecular weight excluding hydrogens is 132 g/mol. The molecule has 0 rings (SSSR count). The highest BCUT2D eigenvalue weighted by molar-refractivity contribution is 6.14. The molecule has 0 aliphatic heterocycles. The molecule has 0 aliphatic rings. The van der Waals surface area contributed by atoms with Gasteiger partial charge < -0.3 is 9.47 Å². The number of ether oxygens (including phenoxy) is 2. The van der Waals surface area contributed by atoms with Crippen molar-refractivity contribution in [3.05, 3.63) is 12.2 Å². The van der Waals surface area contributed by atoms with E-state index in [4.69, 9.17) is 9.47 Å². The van der Waals surface area contributed by atoms with E-state index in [1.54, 1.807) is 14.2 Å². The van der Waals surface area contributed by atoms with Crippen LogP contribution in [0.1, 0.15) is 6.92 Å². The second-order valence-corrected chi connectivity index (χ2v) is 3.32. The van der Waals surface area contributed by atoms with E-state index in [0.29, 0.717) is 0 Å². The summed E-state index contributed by atoms with van der Waals surface area (Å²) in [6, 6.07) is 0. The molecule has 0 spiro atoms. The molecule has 0 aliphatic carbocycles. The van der Waals surface area contributed by atoms with Gasteiger partial charge in [-0.2, -0.15) is 0 Å². The molecule has 0 amide bonds. The summed E-state index contributed by atoms with van der Waals surface area (Å²) in [6.45, 7) is 1.95. The van der Waals surface area contributed by atoms with E-state index in [1.165, 1.54) is 0 Å². The van der Waals surface area contributed by atoms with E-state index in [0.717, 1.165) is 10.2 Å². The van der Waals surface area contributed by atoms with Gasteiger partial charge in [0.1, 0.15) is 0 Å². The van der Waals surface area contributed by atoms with Gasteiger partial charge in [-0.3, -0.25) is 0 Å². The van der Waals surface area contributed by atoms with Crippen molar-refractivity contribution in [2.75, 3.05) is 14.2 Å². The number of rotatable bonds is 3. The average Bonchev–Trinajstić information content (AvgIpc) is 1.89. The zero-order valence-electron chi connectivity index (χ0n) is 6.47. The van der Waals surface area contributed by atoms with Crippen molar-refractivity contribution in [3.8, 4) is 0 Å². The highest BCUT2D eigenvalue weighted by Gasteiger charge is 2.15. The van der Waals surface area contributed by atoms with Gasteiger partial charge in [-0.25, -0.2) is 0 Å². The van der Waals surface area contributed by atoms with E-state index in [9.17, 15) is 0 Å². The van der Waals surface area contributed by atoms with Gasteiger partial charge in [0, 0.05) is 14.2 Å². The molecule has 0 bridgehead atoms. The first-order valence-electron chi connectivity index (χ1n) is 2.92. The lowest BCUT2D eigenvalue weighted by atomic mass is 10.5. The van der Waals surface area contributed by atoms with Gasteiger partial charge in [-0.1, -0.05) is 6.08 Å². The monoisotopic (exact) mass is 146 g/mol. The highest BCUT2D eigenvalue weighted by Crippen LogP contribution is 2.06. The van der Waals surface area contributed by atoms with Gasteiger partial charge in [-0.05, 0) is 13.0 Å². The van der Waals surface area contributed by atoms with Gasteiger partial charge in [0.2, 0.25) is 0 Å². The molecule has 0 saturated heterocycles. The van der Waals surface area contributed by atoms with Gasteiger partial charge >= 0.3 is 0 Å². The van der Waals surface area contributed by atoms with Crippen LogP contribution < -0.4 is 0 Å². The molecule has 0 N–H and O–H groups in total. The Morgan fingerprint density at radius 2 is 1.78 bits per heavy atom. The Labute approximate surface area is 59.3 Å². The summed E-state index contributed by atoms with van der Waals surface area (Å²) in [5, 5.41) is 0. The number of allylic oxidation sites excluding steroid dienone is 1. The summed E-state index contributed by atoms with van der Waals surface area (Å²) in [6.07, 6.45) is 3.85. The summed E-state index contributed by atoms with van der Waals surface area (Å²) in [5.41, 5.74) is -0.408. The third-order valence-electron chi connectivity index (χ3n) is 1.28. The molecule has 0 aromatic heterocycles. The van der Waals surface area contributed by atoms with E-state index in [1.807, 2.05) is 19.1 Å². The normalized spacial score (nSPS) is 13.2. The predicted octanol–water partition coefficient (Wildman–Crippen LogP) is -0.125. The fourth-order valence-corrected chi connectivity index (χ4v) is 0.855. The lowest BCUT2D eigenvalue weighted by Crippen LogP contribution is -2.31. The van der Waals surface area contributed by atoms with Crippen LogP contribution in [0.2, 0.25) is 0 Å². The van der Waals surface area contributed by atoms with Gasteiger partial charge in [-0.15, -0.1) is 0 Å². The Morgan fingerprint density at radius 1 is 1.33 bits per heavy atom. The minimum atomic E-state index is -0.408. The van der Waals surface area contributed by atoms with Crippen LogP contribution in [0.15, 0.2) is 12.2 Å². The van der Waals surface area contributed by atoms with Crippen molar-refractivity contribution in [3.63, 3.8) is 0 Å². The smallest absolute Gasteiger partial charge is 0.158 e. The zero-order chi connectivity index (χ0) is 7.33. The SMILES string of the molecule is CC=CC([SiH3])(OC)OC. The third-order valence-corrected chi connectivity index (χ3v) is 2.43. The van der Waals surface area contributed by atoms with Crippen LogP contribution in [0.3, 0.4) is 0 Å². The Bertz CT molecular complexity index is 97.2. The van der Waals surface area contributed by atoms with Crippen molar-refractivity contribution >= 4 is 10.2 Å². The lowest BCUT2D eigenvalue weighted by molar-refractivity contribution is -0.105. The maximum Gasteiger partial charge on any atom is 0.158 e. The topological polar surface area (TPSA) is 18.5 Å². The van der Waals surface area contributed by atoms with Crippen molar-refractivity contribution in [1.29, 1.82) is 0 Å². The summed E-state index contributed by atoms with van der Waals surface area (Å²) in [7, 11) is 4.15. The fraction of sp³-hybridized carbons (Fsp3) is 0.667. The Morgan fingerprint density at radius 3 is 1.89 bits per heavy atom. The Balaban J connectivity index is 3.92. The third kappa shape index (κ3) is 2.79. The lowest BCUT2D eigenvalue weighted by Gasteiger charge is -2.22. The van der Waals surface area contributed by atoms with Crippen molar-refractivity contribution in [2.24, 2.45) is 0 Å². The van der Waals surface area contributed by atoms with Crippen LogP contribution in [0.25, 0.3) is 0 Å². The van der Waals surface area contributed by atoms with Crippen LogP contribution in [0.4, 0.5) is 0 Å². The summed E-state index contributed by atoms with van der Waals surface area (Å²) >= 11 is 0. The number of hydrogen-bond donors (Lipinski definition) is 0. The van der Waals surface area contributed by atoms with Crippen molar-refractivity contribution in [2.45, 2.75) is 12.3 Å². The molecule has 0 aromatic carbocycles. The molecular formula is C6H14O2Si. The Hall–Kier alpha value is -0.123. The number of hydrogen-bond acceptors (Lipinski definition) is 2. The molecule has 0 atom stereocenters. The van der Waals surface area contributed by atoms with Gasteiger partial charge in [0.25, 0.3) is 0 Å². The minimum Gasteiger partial charge on any atom is -0.354 e. The largest absolute Gasteiger partial charge is 0.354 e. The van der Waals surface area contributed by atoms with Gasteiger partial charge in [0.05, 0.1) is 10.2 Å². The molecule has 54 valence electrons. The minimum absolute atomic E-state index is 0.408. The summed E-state index contributed by atoms with van der Waals surface area (Å²) in [5.74, 6) is 0. The summed E-state index contributed by atoms with van der Waals surface area (Å²) < 4.78 is 10.2. The molecule has 9 heavy (non-hydrogen) atoms. The maximum absolute atomic E-state index is 5.08. The van der Waals surface area contributed by atoms with E-state index in [2.05, 4.69) is 0 Å². The first-order chi connectivity index (χ1) is 4.18. The molecule has 0 heterocycles.